The van der Waals surface area contributed by atoms with Crippen LogP contribution in [0, 0.1) is 6.92 Å². The van der Waals surface area contributed by atoms with Crippen LogP contribution in [0.25, 0.3) is 0 Å². The third-order valence-corrected chi connectivity index (χ3v) is 8.14. The van der Waals surface area contributed by atoms with E-state index in [1.807, 2.05) is 37.3 Å². The number of anilines is 1. The number of para-hydroxylation sites is 1. The number of nitrogens with one attached hydrogen (secondary N) is 2. The van der Waals surface area contributed by atoms with Gasteiger partial charge in [-0.1, -0.05) is 60.1 Å². The summed E-state index contributed by atoms with van der Waals surface area (Å²) in [6, 6.07) is 21.4. The number of sulfonamides is 1. The fraction of sp³-hybridized carbons (Fsp3) is 0.269. The van der Waals surface area contributed by atoms with Gasteiger partial charge in [0.25, 0.3) is 15.9 Å². The van der Waals surface area contributed by atoms with Crippen LogP contribution in [0.4, 0.5) is 5.69 Å². The zero-order chi connectivity index (χ0) is 24.2. The zero-order valence-electron chi connectivity index (χ0n) is 18.9. The molecule has 1 heterocycles. The second-order valence-corrected chi connectivity index (χ2v) is 10.6. The molecule has 1 amide bonds. The molecule has 1 saturated heterocycles. The third kappa shape index (κ3) is 5.27. The molecule has 34 heavy (non-hydrogen) atoms. The van der Waals surface area contributed by atoms with E-state index in [1.54, 1.807) is 12.1 Å². The highest BCUT2D eigenvalue weighted by Gasteiger charge is 2.35. The Morgan fingerprint density at radius 3 is 2.38 bits per heavy atom. The maximum Gasteiger partial charge on any atom is 0.263 e. The van der Waals surface area contributed by atoms with Gasteiger partial charge in [-0.3, -0.25) is 9.52 Å². The quantitative estimate of drug-likeness (QED) is 0.484. The Labute approximate surface area is 205 Å². The first-order chi connectivity index (χ1) is 16.3. The van der Waals surface area contributed by atoms with Crippen molar-refractivity contribution in [1.82, 2.24) is 5.32 Å². The summed E-state index contributed by atoms with van der Waals surface area (Å²) in [6.07, 6.45) is 1.58. The summed E-state index contributed by atoms with van der Waals surface area (Å²) in [6.45, 7) is 3.48. The second-order valence-electron chi connectivity index (χ2n) is 8.51. The number of hydrogen-bond donors (Lipinski definition) is 2. The summed E-state index contributed by atoms with van der Waals surface area (Å²) < 4.78 is 34.2. The van der Waals surface area contributed by atoms with E-state index in [9.17, 15) is 13.2 Å². The van der Waals surface area contributed by atoms with Crippen LogP contribution in [0.5, 0.6) is 0 Å². The Balaban J connectivity index is 1.55. The number of benzene rings is 3. The van der Waals surface area contributed by atoms with Gasteiger partial charge in [0.05, 0.1) is 10.7 Å². The Morgan fingerprint density at radius 1 is 1.00 bits per heavy atom. The van der Waals surface area contributed by atoms with Crippen LogP contribution in [0.1, 0.15) is 34.3 Å². The van der Waals surface area contributed by atoms with E-state index in [0.29, 0.717) is 25.4 Å². The van der Waals surface area contributed by atoms with Crippen molar-refractivity contribution in [2.75, 3.05) is 24.5 Å². The molecule has 1 aliphatic rings. The number of amides is 1. The highest BCUT2D eigenvalue weighted by atomic mass is 35.5. The van der Waals surface area contributed by atoms with Crippen molar-refractivity contribution in [2.45, 2.75) is 30.1 Å². The zero-order valence-corrected chi connectivity index (χ0v) is 20.5. The van der Waals surface area contributed by atoms with E-state index in [0.717, 1.165) is 24.0 Å². The first kappa shape index (κ1) is 24.3. The molecule has 178 valence electrons. The number of hydrogen-bond acceptors (Lipinski definition) is 4. The number of aryl methyl sites for hydroxylation is 1. The average Bonchev–Trinajstić information content (AvgIpc) is 2.85. The molecule has 4 rings (SSSR count). The van der Waals surface area contributed by atoms with Gasteiger partial charge < -0.3 is 10.1 Å². The van der Waals surface area contributed by atoms with Gasteiger partial charge in [-0.05, 0) is 55.2 Å². The highest BCUT2D eigenvalue weighted by molar-refractivity contribution is 7.92. The average molecular weight is 499 g/mol. The smallest absolute Gasteiger partial charge is 0.263 e. The van der Waals surface area contributed by atoms with Crippen LogP contribution in [0.15, 0.2) is 77.7 Å². The Bertz CT molecular complexity index is 1270. The molecule has 0 saturated carbocycles. The molecular weight excluding hydrogens is 472 g/mol. The number of carbonyl (C=O) groups excluding carboxylic acids is 1. The van der Waals surface area contributed by atoms with Gasteiger partial charge in [0.1, 0.15) is 4.90 Å². The summed E-state index contributed by atoms with van der Waals surface area (Å²) in [5, 5.41) is 3.06. The maximum absolute atomic E-state index is 13.1. The Hall–Kier alpha value is -2.87. The van der Waals surface area contributed by atoms with Crippen molar-refractivity contribution in [1.29, 1.82) is 0 Å². The van der Waals surface area contributed by atoms with Crippen LogP contribution < -0.4 is 10.0 Å². The fourth-order valence-corrected chi connectivity index (χ4v) is 5.87. The number of rotatable bonds is 7. The summed E-state index contributed by atoms with van der Waals surface area (Å²) >= 11 is 6.23. The van der Waals surface area contributed by atoms with E-state index in [2.05, 4.69) is 22.2 Å². The van der Waals surface area contributed by atoms with Crippen LogP contribution in [0.3, 0.4) is 0 Å². The minimum Gasteiger partial charge on any atom is -0.381 e. The van der Waals surface area contributed by atoms with Crippen molar-refractivity contribution >= 4 is 33.2 Å². The lowest BCUT2D eigenvalue weighted by molar-refractivity contribution is 0.0487. The Morgan fingerprint density at radius 2 is 1.68 bits per heavy atom. The molecule has 0 aromatic heterocycles. The van der Waals surface area contributed by atoms with E-state index >= 15 is 0 Å². The summed E-state index contributed by atoms with van der Waals surface area (Å²) in [7, 11) is -3.99. The first-order valence-corrected chi connectivity index (χ1v) is 13.0. The summed E-state index contributed by atoms with van der Waals surface area (Å²) in [5.74, 6) is -0.356. The minimum absolute atomic E-state index is 0.0443. The Kier molecular flexibility index (Phi) is 7.26. The molecule has 2 N–H and O–H groups in total. The van der Waals surface area contributed by atoms with Crippen LogP contribution in [-0.4, -0.2) is 34.1 Å². The fourth-order valence-electron chi connectivity index (χ4n) is 4.21. The molecule has 0 spiro atoms. The summed E-state index contributed by atoms with van der Waals surface area (Å²) in [5.41, 5.74) is 2.38. The normalized spacial score (nSPS) is 15.5. The van der Waals surface area contributed by atoms with Gasteiger partial charge in [0.2, 0.25) is 0 Å². The maximum atomic E-state index is 13.1. The van der Waals surface area contributed by atoms with Crippen LogP contribution in [0.2, 0.25) is 5.02 Å². The van der Waals surface area contributed by atoms with E-state index in [-0.39, 0.29) is 26.8 Å². The van der Waals surface area contributed by atoms with Crippen molar-refractivity contribution in [3.8, 4) is 0 Å². The van der Waals surface area contributed by atoms with Gasteiger partial charge in [-0.25, -0.2) is 8.42 Å². The number of ether oxygens (including phenoxy) is 1. The largest absolute Gasteiger partial charge is 0.381 e. The third-order valence-electron chi connectivity index (χ3n) is 6.30. The van der Waals surface area contributed by atoms with Gasteiger partial charge in [0.15, 0.2) is 0 Å². The van der Waals surface area contributed by atoms with Crippen molar-refractivity contribution in [3.05, 3.63) is 94.5 Å². The lowest BCUT2D eigenvalue weighted by Gasteiger charge is -2.38. The van der Waals surface area contributed by atoms with Gasteiger partial charge in [-0.2, -0.15) is 0 Å². The van der Waals surface area contributed by atoms with E-state index in [1.165, 1.54) is 18.2 Å². The molecule has 0 aliphatic carbocycles. The molecular formula is C26H27ClN2O4S. The van der Waals surface area contributed by atoms with E-state index < -0.39 is 10.0 Å². The monoisotopic (exact) mass is 498 g/mol. The van der Waals surface area contributed by atoms with Gasteiger partial charge in [-0.15, -0.1) is 0 Å². The molecule has 3 aromatic rings. The van der Waals surface area contributed by atoms with Crippen molar-refractivity contribution in [3.63, 3.8) is 0 Å². The number of halogens is 1. The van der Waals surface area contributed by atoms with Crippen LogP contribution in [-0.2, 0) is 20.2 Å². The molecule has 3 aromatic carbocycles. The first-order valence-electron chi connectivity index (χ1n) is 11.1. The lowest BCUT2D eigenvalue weighted by Crippen LogP contribution is -2.44. The second kappa shape index (κ2) is 10.2. The topological polar surface area (TPSA) is 84.5 Å². The molecule has 0 unspecified atom stereocenters. The molecule has 0 bridgehead atoms. The predicted molar refractivity (Wildman–Crippen MR) is 134 cm³/mol. The van der Waals surface area contributed by atoms with Crippen molar-refractivity contribution in [2.24, 2.45) is 0 Å². The summed E-state index contributed by atoms with van der Waals surface area (Å²) in [4.78, 5) is 12.9. The van der Waals surface area contributed by atoms with Gasteiger partial charge in [0, 0.05) is 30.7 Å². The minimum atomic E-state index is -3.99. The molecule has 8 heteroatoms. The molecule has 0 atom stereocenters. The number of carbonyl (C=O) groups is 1. The highest BCUT2D eigenvalue weighted by Crippen LogP contribution is 2.34. The predicted octanol–water partition coefficient (Wildman–Crippen LogP) is 4.93. The standard InChI is InChI=1S/C26H27ClN2O4S/c1-19-7-5-6-10-23(19)29-34(31,32)24-17-20(11-12-22(24)27)25(30)28-18-26(13-15-33-16-14-26)21-8-3-2-4-9-21/h2-12,17,29H,13-16,18H2,1H3,(H,28,30). The molecule has 0 radical (unpaired) electrons. The van der Waals surface area contributed by atoms with Crippen molar-refractivity contribution < 1.29 is 17.9 Å². The SMILES string of the molecule is Cc1ccccc1NS(=O)(=O)c1cc(C(=O)NCC2(c3ccccc3)CCOCC2)ccc1Cl. The van der Waals surface area contributed by atoms with E-state index in [4.69, 9.17) is 16.3 Å². The van der Waals surface area contributed by atoms with Crippen LogP contribution >= 0.6 is 11.6 Å². The van der Waals surface area contributed by atoms with Gasteiger partial charge >= 0.3 is 0 Å². The lowest BCUT2D eigenvalue weighted by atomic mass is 9.74. The molecule has 1 aliphatic heterocycles. The molecule has 6 nitrogen and oxygen atoms in total. The molecule has 1 fully saturated rings.